The molecule has 2 fully saturated rings. The van der Waals surface area contributed by atoms with E-state index >= 15 is 0 Å². The maximum atomic E-state index is 3.76. The van der Waals surface area contributed by atoms with Gasteiger partial charge in [-0.2, -0.15) is 0 Å². The van der Waals surface area contributed by atoms with Gasteiger partial charge in [0, 0.05) is 6.04 Å². The fraction of sp³-hybridized carbons (Fsp3) is 1.00. The second-order valence-corrected chi connectivity index (χ2v) is 6.68. The third kappa shape index (κ3) is 3.24. The molecule has 1 nitrogen and oxygen atoms in total. The molecule has 2 aliphatic rings. The minimum absolute atomic E-state index is 0.819. The van der Waals surface area contributed by atoms with Crippen LogP contribution in [0.2, 0.25) is 0 Å². The first-order valence-corrected chi connectivity index (χ1v) is 7.95. The molecule has 2 saturated carbocycles. The molecule has 0 aromatic carbocycles. The Hall–Kier alpha value is -0.0400. The van der Waals surface area contributed by atoms with Crippen LogP contribution < -0.4 is 5.32 Å². The number of rotatable bonds is 4. The highest BCUT2D eigenvalue weighted by molar-refractivity contribution is 4.91. The maximum Gasteiger partial charge on any atom is 0.00955 e. The summed E-state index contributed by atoms with van der Waals surface area (Å²) in [4.78, 5) is 0. The standard InChI is InChI=1S/C16H31N/c1-4-11-17-16-10-9-15(13(16)3)14-7-5-12(2)6-8-14/h12-17H,4-11H2,1-3H3. The molecule has 0 saturated heterocycles. The molecule has 0 aromatic heterocycles. The number of hydrogen-bond donors (Lipinski definition) is 1. The van der Waals surface area contributed by atoms with E-state index in [-0.39, 0.29) is 0 Å². The average molecular weight is 237 g/mol. The van der Waals surface area contributed by atoms with E-state index in [2.05, 4.69) is 26.1 Å². The topological polar surface area (TPSA) is 12.0 Å². The summed E-state index contributed by atoms with van der Waals surface area (Å²) in [5.41, 5.74) is 0. The zero-order valence-electron chi connectivity index (χ0n) is 12.0. The first-order chi connectivity index (χ1) is 8.22. The predicted octanol–water partition coefficient (Wildman–Crippen LogP) is 4.23. The molecule has 100 valence electrons. The molecule has 17 heavy (non-hydrogen) atoms. The molecule has 0 amide bonds. The van der Waals surface area contributed by atoms with Gasteiger partial charge in [-0.15, -0.1) is 0 Å². The van der Waals surface area contributed by atoms with Crippen LogP contribution in [0.4, 0.5) is 0 Å². The summed E-state index contributed by atoms with van der Waals surface area (Å²) in [5, 5.41) is 3.76. The Morgan fingerprint density at radius 1 is 0.941 bits per heavy atom. The van der Waals surface area contributed by atoms with E-state index in [1.54, 1.807) is 0 Å². The molecule has 3 unspecified atom stereocenters. The highest BCUT2D eigenvalue weighted by Crippen LogP contribution is 2.43. The lowest BCUT2D eigenvalue weighted by Gasteiger charge is -2.34. The summed E-state index contributed by atoms with van der Waals surface area (Å²) in [7, 11) is 0. The molecule has 2 aliphatic carbocycles. The van der Waals surface area contributed by atoms with Gasteiger partial charge in [0.15, 0.2) is 0 Å². The molecule has 0 spiro atoms. The van der Waals surface area contributed by atoms with Crippen molar-refractivity contribution < 1.29 is 0 Å². The summed E-state index contributed by atoms with van der Waals surface area (Å²) in [6.07, 6.45) is 10.2. The van der Waals surface area contributed by atoms with Gasteiger partial charge in [-0.1, -0.05) is 33.6 Å². The molecule has 0 heterocycles. The van der Waals surface area contributed by atoms with E-state index in [0.717, 1.165) is 29.7 Å². The highest BCUT2D eigenvalue weighted by atomic mass is 14.9. The van der Waals surface area contributed by atoms with Crippen LogP contribution in [0.15, 0.2) is 0 Å². The molecule has 0 aliphatic heterocycles. The van der Waals surface area contributed by atoms with Crippen molar-refractivity contribution in [1.29, 1.82) is 0 Å². The first kappa shape index (κ1) is 13.4. The molecule has 2 rings (SSSR count). The van der Waals surface area contributed by atoms with Gasteiger partial charge in [-0.25, -0.2) is 0 Å². The number of hydrogen-bond acceptors (Lipinski definition) is 1. The van der Waals surface area contributed by atoms with Crippen molar-refractivity contribution in [3.63, 3.8) is 0 Å². The molecule has 0 bridgehead atoms. The van der Waals surface area contributed by atoms with E-state index in [9.17, 15) is 0 Å². The van der Waals surface area contributed by atoms with Gasteiger partial charge >= 0.3 is 0 Å². The molecule has 0 aromatic rings. The second kappa shape index (κ2) is 6.22. The van der Waals surface area contributed by atoms with Gasteiger partial charge in [0.1, 0.15) is 0 Å². The van der Waals surface area contributed by atoms with Gasteiger partial charge in [0.05, 0.1) is 0 Å². The summed E-state index contributed by atoms with van der Waals surface area (Å²) in [5.74, 6) is 3.99. The third-order valence-corrected chi connectivity index (χ3v) is 5.44. The van der Waals surface area contributed by atoms with Gasteiger partial charge in [0.2, 0.25) is 0 Å². The van der Waals surface area contributed by atoms with E-state index < -0.39 is 0 Å². The van der Waals surface area contributed by atoms with Crippen molar-refractivity contribution in [2.75, 3.05) is 6.54 Å². The smallest absolute Gasteiger partial charge is 0.00955 e. The lowest BCUT2D eigenvalue weighted by atomic mass is 9.73. The van der Waals surface area contributed by atoms with Crippen LogP contribution in [0.25, 0.3) is 0 Å². The predicted molar refractivity (Wildman–Crippen MR) is 75.1 cm³/mol. The fourth-order valence-corrected chi connectivity index (χ4v) is 4.19. The largest absolute Gasteiger partial charge is 0.314 e. The quantitative estimate of drug-likeness (QED) is 0.771. The second-order valence-electron chi connectivity index (χ2n) is 6.68. The van der Waals surface area contributed by atoms with Crippen LogP contribution in [-0.4, -0.2) is 12.6 Å². The van der Waals surface area contributed by atoms with Crippen molar-refractivity contribution in [3.05, 3.63) is 0 Å². The Morgan fingerprint density at radius 2 is 1.65 bits per heavy atom. The van der Waals surface area contributed by atoms with Crippen molar-refractivity contribution in [3.8, 4) is 0 Å². The SMILES string of the molecule is CCCNC1CCC(C2CCC(C)CC2)C1C. The monoisotopic (exact) mass is 237 g/mol. The van der Waals surface area contributed by atoms with Crippen molar-refractivity contribution >= 4 is 0 Å². The minimum Gasteiger partial charge on any atom is -0.314 e. The summed E-state index contributed by atoms with van der Waals surface area (Å²) < 4.78 is 0. The first-order valence-electron chi connectivity index (χ1n) is 7.95. The highest BCUT2D eigenvalue weighted by Gasteiger charge is 2.37. The van der Waals surface area contributed by atoms with E-state index in [0.29, 0.717) is 0 Å². The minimum atomic E-state index is 0.819. The number of nitrogens with one attached hydrogen (secondary N) is 1. The van der Waals surface area contributed by atoms with Gasteiger partial charge < -0.3 is 5.32 Å². The van der Waals surface area contributed by atoms with Gasteiger partial charge in [0.25, 0.3) is 0 Å². The summed E-state index contributed by atoms with van der Waals surface area (Å²) in [6, 6.07) is 0.819. The Balaban J connectivity index is 1.82. The lowest BCUT2D eigenvalue weighted by Crippen LogP contribution is -2.35. The molecule has 1 heteroatoms. The molecule has 0 radical (unpaired) electrons. The Morgan fingerprint density at radius 3 is 2.29 bits per heavy atom. The molecular weight excluding hydrogens is 206 g/mol. The van der Waals surface area contributed by atoms with E-state index in [1.807, 2.05) is 0 Å². The Bertz CT molecular complexity index is 218. The third-order valence-electron chi connectivity index (χ3n) is 5.44. The fourth-order valence-electron chi connectivity index (χ4n) is 4.19. The van der Waals surface area contributed by atoms with Crippen LogP contribution >= 0.6 is 0 Å². The average Bonchev–Trinajstić information content (AvgIpc) is 2.69. The summed E-state index contributed by atoms with van der Waals surface area (Å²) >= 11 is 0. The van der Waals surface area contributed by atoms with Gasteiger partial charge in [-0.3, -0.25) is 0 Å². The summed E-state index contributed by atoms with van der Waals surface area (Å²) in [6.45, 7) is 8.42. The van der Waals surface area contributed by atoms with Crippen molar-refractivity contribution in [2.24, 2.45) is 23.7 Å². The zero-order chi connectivity index (χ0) is 12.3. The van der Waals surface area contributed by atoms with E-state index in [1.165, 1.54) is 51.5 Å². The molecule has 1 N–H and O–H groups in total. The van der Waals surface area contributed by atoms with Crippen LogP contribution in [-0.2, 0) is 0 Å². The van der Waals surface area contributed by atoms with Crippen LogP contribution in [0.1, 0.15) is 65.7 Å². The maximum absolute atomic E-state index is 3.76. The normalized spacial score (nSPS) is 42.9. The zero-order valence-corrected chi connectivity index (χ0v) is 12.0. The van der Waals surface area contributed by atoms with E-state index in [4.69, 9.17) is 0 Å². The van der Waals surface area contributed by atoms with Gasteiger partial charge in [-0.05, 0) is 62.3 Å². The molecule has 3 atom stereocenters. The van der Waals surface area contributed by atoms with Crippen molar-refractivity contribution in [2.45, 2.75) is 71.8 Å². The van der Waals surface area contributed by atoms with Crippen molar-refractivity contribution in [1.82, 2.24) is 5.32 Å². The van der Waals surface area contributed by atoms with Crippen LogP contribution in [0.3, 0.4) is 0 Å². The van der Waals surface area contributed by atoms with Crippen LogP contribution in [0, 0.1) is 23.7 Å². The Kier molecular flexibility index (Phi) is 4.90. The lowest BCUT2D eigenvalue weighted by molar-refractivity contribution is 0.175. The molecular formula is C16H31N. The van der Waals surface area contributed by atoms with Crippen LogP contribution in [0.5, 0.6) is 0 Å². The Labute approximate surface area is 108 Å².